The van der Waals surface area contributed by atoms with Crippen LogP contribution in [0.25, 0.3) is 32.9 Å². The minimum Gasteiger partial charge on any atom is -0.494 e. The average Bonchev–Trinajstić information content (AvgIpc) is 3.63. The molecule has 0 unspecified atom stereocenters. The van der Waals surface area contributed by atoms with Gasteiger partial charge in [0.1, 0.15) is 30.1 Å². The normalized spacial score (nSPS) is 14.2. The second-order valence-electron chi connectivity index (χ2n) is 14.1. The van der Waals surface area contributed by atoms with E-state index in [-0.39, 0.29) is 24.2 Å². The minimum atomic E-state index is -1.14. The van der Waals surface area contributed by atoms with Crippen LogP contribution >= 0.6 is 23.2 Å². The second-order valence-corrected chi connectivity index (χ2v) is 14.9. The number of hydrogen-bond donors (Lipinski definition) is 1. The lowest BCUT2D eigenvalue weighted by Gasteiger charge is -2.34. The van der Waals surface area contributed by atoms with Gasteiger partial charge in [0.25, 0.3) is 5.91 Å². The van der Waals surface area contributed by atoms with Gasteiger partial charge in [0.2, 0.25) is 0 Å². The van der Waals surface area contributed by atoms with Crippen molar-refractivity contribution >= 4 is 62.6 Å². The standard InChI is InChI=1S/C42H43Cl2N5O6/c1-22-17-28(18-23(2)36(22)44)54-14-8-9-29-30-11-12-32(43)35(34-25(4)45-21-46-26(34)5)37(30)49-24(3)20-48(41(50)39(29)49)38-31-19-27(55-16-15-53-7)10-13-33(31)47(6)40(38)42(51)52/h10-13,17-19,21,24H,8-9,14-16,20H2,1-7H3,(H,51,52)/t24-/m1/s1. The van der Waals surface area contributed by atoms with E-state index >= 15 is 4.79 Å². The first kappa shape index (κ1) is 38.2. The van der Waals surface area contributed by atoms with Gasteiger partial charge in [0, 0.05) is 65.1 Å². The van der Waals surface area contributed by atoms with E-state index in [1.54, 1.807) is 35.8 Å². The lowest BCUT2D eigenvalue weighted by atomic mass is 9.97. The molecule has 0 aliphatic carbocycles. The Balaban J connectivity index is 1.39. The van der Waals surface area contributed by atoms with Crippen LogP contribution in [-0.4, -0.2) is 69.6 Å². The molecule has 3 aromatic heterocycles. The SMILES string of the molecule is COCCOc1ccc2c(c1)c(N1C[C@@H](C)n3c(c(CCCOc4cc(C)c(Cl)c(C)c4)c4ccc(Cl)c(-c5c(C)ncnc5C)c43)C1=O)c(C(=O)O)n2C. The van der Waals surface area contributed by atoms with Crippen molar-refractivity contribution in [3.63, 3.8) is 0 Å². The molecule has 13 heteroatoms. The molecule has 1 aliphatic rings. The molecular weight excluding hydrogens is 741 g/mol. The quantitative estimate of drug-likeness (QED) is 0.122. The predicted molar refractivity (Wildman–Crippen MR) is 216 cm³/mol. The Morgan fingerprint density at radius 2 is 1.60 bits per heavy atom. The highest BCUT2D eigenvalue weighted by Crippen LogP contribution is 2.46. The molecule has 4 heterocycles. The van der Waals surface area contributed by atoms with E-state index in [9.17, 15) is 9.90 Å². The van der Waals surface area contributed by atoms with Crippen molar-refractivity contribution < 1.29 is 28.9 Å². The van der Waals surface area contributed by atoms with E-state index in [2.05, 4.69) is 14.5 Å². The summed E-state index contributed by atoms with van der Waals surface area (Å²) in [7, 11) is 3.30. The molecule has 0 bridgehead atoms. The summed E-state index contributed by atoms with van der Waals surface area (Å²) in [5.41, 5.74) is 8.08. The van der Waals surface area contributed by atoms with E-state index in [0.29, 0.717) is 70.7 Å². The van der Waals surface area contributed by atoms with Crippen molar-refractivity contribution in [2.45, 2.75) is 53.5 Å². The molecule has 1 N–H and O–H groups in total. The predicted octanol–water partition coefficient (Wildman–Crippen LogP) is 9.09. The van der Waals surface area contributed by atoms with Gasteiger partial charge in [-0.2, -0.15) is 0 Å². The van der Waals surface area contributed by atoms with Crippen LogP contribution in [0.5, 0.6) is 11.5 Å². The summed E-state index contributed by atoms with van der Waals surface area (Å²) in [6.45, 7) is 11.1. The van der Waals surface area contributed by atoms with Crippen molar-refractivity contribution in [1.82, 2.24) is 19.1 Å². The number of rotatable bonds is 12. The molecule has 1 amide bonds. The second kappa shape index (κ2) is 15.2. The molecule has 11 nitrogen and oxygen atoms in total. The highest BCUT2D eigenvalue weighted by atomic mass is 35.5. The number of nitrogens with zero attached hydrogens (tertiary/aromatic N) is 5. The summed E-state index contributed by atoms with van der Waals surface area (Å²) in [5.74, 6) is -0.182. The molecule has 3 aromatic carbocycles. The van der Waals surface area contributed by atoms with Crippen molar-refractivity contribution in [2.75, 3.05) is 38.4 Å². The molecule has 7 rings (SSSR count). The smallest absolute Gasteiger partial charge is 0.354 e. The van der Waals surface area contributed by atoms with Gasteiger partial charge in [0.15, 0.2) is 5.69 Å². The third-order valence-electron chi connectivity index (χ3n) is 10.5. The first-order valence-corrected chi connectivity index (χ1v) is 18.9. The minimum absolute atomic E-state index is 0.00840. The van der Waals surface area contributed by atoms with Crippen molar-refractivity contribution in [3.8, 4) is 22.6 Å². The number of carbonyl (C=O) groups is 2. The zero-order valence-electron chi connectivity index (χ0n) is 31.9. The van der Waals surface area contributed by atoms with Crippen LogP contribution < -0.4 is 14.4 Å². The molecule has 0 fully saturated rings. The number of carboxylic acids is 1. The maximum Gasteiger partial charge on any atom is 0.354 e. The Hall–Kier alpha value is -5.10. The summed E-state index contributed by atoms with van der Waals surface area (Å²) >= 11 is 13.5. The zero-order chi connectivity index (χ0) is 39.3. The third kappa shape index (κ3) is 6.68. The number of benzene rings is 3. The molecule has 0 saturated carbocycles. The first-order valence-electron chi connectivity index (χ1n) is 18.2. The molecule has 55 heavy (non-hydrogen) atoms. The lowest BCUT2D eigenvalue weighted by molar-refractivity contribution is 0.0687. The molecule has 286 valence electrons. The summed E-state index contributed by atoms with van der Waals surface area (Å²) in [6, 6.07) is 12.8. The van der Waals surface area contributed by atoms with Crippen LogP contribution in [0.3, 0.4) is 0 Å². The van der Waals surface area contributed by atoms with Crippen LogP contribution in [0.2, 0.25) is 10.0 Å². The first-order chi connectivity index (χ1) is 26.3. The van der Waals surface area contributed by atoms with Crippen molar-refractivity contribution in [1.29, 1.82) is 0 Å². The number of anilines is 1. The zero-order valence-corrected chi connectivity index (χ0v) is 33.4. The van der Waals surface area contributed by atoms with Gasteiger partial charge in [-0.25, -0.2) is 14.8 Å². The van der Waals surface area contributed by atoms with Gasteiger partial charge in [-0.1, -0.05) is 29.3 Å². The van der Waals surface area contributed by atoms with Crippen LogP contribution in [0.15, 0.2) is 48.8 Å². The van der Waals surface area contributed by atoms with Crippen LogP contribution in [0, 0.1) is 27.7 Å². The van der Waals surface area contributed by atoms with Gasteiger partial charge in [0.05, 0.1) is 35.0 Å². The number of amides is 1. The number of halogens is 2. The van der Waals surface area contributed by atoms with Crippen molar-refractivity contribution in [2.24, 2.45) is 7.05 Å². The Morgan fingerprint density at radius 1 is 0.909 bits per heavy atom. The molecule has 1 aliphatic heterocycles. The van der Waals surface area contributed by atoms with Gasteiger partial charge >= 0.3 is 5.97 Å². The Morgan fingerprint density at radius 3 is 2.27 bits per heavy atom. The number of aromatic nitrogens is 4. The Kier molecular flexibility index (Phi) is 10.6. The number of carboxylic acid groups (broad SMARTS) is 1. The number of carbonyl (C=O) groups excluding carboxylic acids is 1. The molecule has 0 saturated heterocycles. The topological polar surface area (TPSA) is 121 Å². The van der Waals surface area contributed by atoms with E-state index in [1.807, 2.05) is 65.0 Å². The molecule has 1 atom stereocenters. The number of hydrogen-bond acceptors (Lipinski definition) is 7. The Labute approximate surface area is 329 Å². The lowest BCUT2D eigenvalue weighted by Crippen LogP contribution is -2.43. The highest BCUT2D eigenvalue weighted by Gasteiger charge is 2.39. The van der Waals surface area contributed by atoms with E-state index < -0.39 is 5.97 Å². The summed E-state index contributed by atoms with van der Waals surface area (Å²) in [6.07, 6.45) is 2.63. The summed E-state index contributed by atoms with van der Waals surface area (Å²) in [5, 5.41) is 13.3. The fourth-order valence-corrected chi connectivity index (χ4v) is 8.35. The van der Waals surface area contributed by atoms with E-state index in [4.69, 9.17) is 37.4 Å². The average molecular weight is 785 g/mol. The van der Waals surface area contributed by atoms with E-state index in [1.165, 1.54) is 6.33 Å². The number of fused-ring (bicyclic) bond motifs is 4. The van der Waals surface area contributed by atoms with Gasteiger partial charge in [-0.3, -0.25) is 4.79 Å². The van der Waals surface area contributed by atoms with Gasteiger partial charge in [-0.05, 0) is 101 Å². The van der Waals surface area contributed by atoms with Gasteiger partial charge in [-0.15, -0.1) is 0 Å². The maximum atomic E-state index is 15.3. The molecule has 0 spiro atoms. The fourth-order valence-electron chi connectivity index (χ4n) is 8.00. The van der Waals surface area contributed by atoms with Crippen LogP contribution in [-0.2, 0) is 18.2 Å². The third-order valence-corrected chi connectivity index (χ3v) is 11.4. The number of ether oxygens (including phenoxy) is 3. The van der Waals surface area contributed by atoms with Crippen LogP contribution in [0.4, 0.5) is 5.69 Å². The molecule has 6 aromatic rings. The number of aryl methyl sites for hydroxylation is 6. The van der Waals surface area contributed by atoms with Crippen molar-refractivity contribution in [3.05, 3.63) is 98.3 Å². The monoisotopic (exact) mass is 783 g/mol. The Bertz CT molecular complexity index is 2460. The molecule has 0 radical (unpaired) electrons. The summed E-state index contributed by atoms with van der Waals surface area (Å²) < 4.78 is 21.0. The fraction of sp³-hybridized carbons (Fsp3) is 0.333. The number of methoxy groups -OCH3 is 1. The maximum absolute atomic E-state index is 15.3. The van der Waals surface area contributed by atoms with Gasteiger partial charge < -0.3 is 33.4 Å². The number of aromatic carboxylic acids is 1. The highest BCUT2D eigenvalue weighted by molar-refractivity contribution is 6.35. The summed E-state index contributed by atoms with van der Waals surface area (Å²) in [4.78, 5) is 38.9. The largest absolute Gasteiger partial charge is 0.494 e. The van der Waals surface area contributed by atoms with E-state index in [0.717, 1.165) is 55.9 Å². The van der Waals surface area contributed by atoms with Crippen LogP contribution in [0.1, 0.15) is 68.4 Å². The molecular formula is C42H43Cl2N5O6.